The predicted molar refractivity (Wildman–Crippen MR) is 231 cm³/mol. The molecule has 6 aromatic carbocycles. The highest BCUT2D eigenvalue weighted by Gasteiger charge is 2.26. The van der Waals surface area contributed by atoms with Crippen molar-refractivity contribution in [2.75, 3.05) is 9.80 Å². The predicted octanol–water partition coefficient (Wildman–Crippen LogP) is 14.7. The van der Waals surface area contributed by atoms with E-state index in [-0.39, 0.29) is 0 Å². The summed E-state index contributed by atoms with van der Waals surface area (Å²) < 4.78 is 11.0. The van der Waals surface area contributed by atoms with Gasteiger partial charge in [-0.05, 0) is 73.5 Å². The van der Waals surface area contributed by atoms with E-state index in [2.05, 4.69) is 182 Å². The highest BCUT2D eigenvalue weighted by atomic mass is 32.1. The van der Waals surface area contributed by atoms with Gasteiger partial charge in [-0.3, -0.25) is 0 Å². The summed E-state index contributed by atoms with van der Waals surface area (Å²) in [6, 6.07) is 52.5. The standard InChI is InChI=1S/C48H40N2O2S2/c1-5-51-31-35-19-27-39(28-20-35)49(37-23-15-33(3)16-24-37)47-43-13-9-7-11-41(43)45(53-47)46-42-12-8-10-14-44(42)48(54-46)50(38-25-17-34(4)18-26-38)40-29-21-36(22-30-40)32-52-6-2/h5-30H,1-2,31-32H2,3-4H3. The molecule has 0 fully saturated rings. The highest BCUT2D eigenvalue weighted by Crippen LogP contribution is 2.55. The van der Waals surface area contributed by atoms with Crippen LogP contribution in [0.5, 0.6) is 0 Å². The van der Waals surface area contributed by atoms with Gasteiger partial charge in [0, 0.05) is 44.3 Å². The molecule has 0 aliphatic heterocycles. The fraction of sp³-hybridized carbons (Fsp3) is 0.0833. The number of hydrogen-bond acceptors (Lipinski definition) is 6. The summed E-state index contributed by atoms with van der Waals surface area (Å²) in [6.07, 6.45) is 2.98. The Morgan fingerprint density at radius 3 is 1.09 bits per heavy atom. The summed E-state index contributed by atoms with van der Waals surface area (Å²) in [4.78, 5) is 7.28. The monoisotopic (exact) mass is 740 g/mol. The van der Waals surface area contributed by atoms with E-state index in [1.807, 2.05) is 22.7 Å². The van der Waals surface area contributed by atoms with E-state index in [9.17, 15) is 0 Å². The molecule has 0 aliphatic carbocycles. The van der Waals surface area contributed by atoms with Gasteiger partial charge >= 0.3 is 0 Å². The number of fused-ring (bicyclic) bond motifs is 2. The lowest BCUT2D eigenvalue weighted by molar-refractivity contribution is 0.237. The zero-order chi connectivity index (χ0) is 37.0. The van der Waals surface area contributed by atoms with Crippen molar-refractivity contribution < 1.29 is 9.47 Å². The number of benzene rings is 6. The molecule has 0 saturated carbocycles. The second-order valence-corrected chi connectivity index (χ2v) is 15.2. The first-order valence-corrected chi connectivity index (χ1v) is 19.6. The average molecular weight is 741 g/mol. The first-order chi connectivity index (χ1) is 26.5. The molecule has 0 radical (unpaired) electrons. The SMILES string of the molecule is C=COCc1ccc(N(c2ccc(C)cc2)c2sc(-c3sc(N(c4ccc(C)cc4)c4ccc(COC=C)cc4)c4ccccc34)c3ccccc23)cc1. The van der Waals surface area contributed by atoms with Gasteiger partial charge in [-0.2, -0.15) is 0 Å². The molecule has 8 rings (SSSR count). The minimum atomic E-state index is 0.488. The van der Waals surface area contributed by atoms with Gasteiger partial charge < -0.3 is 19.3 Å². The van der Waals surface area contributed by atoms with Crippen molar-refractivity contribution in [2.24, 2.45) is 0 Å². The topological polar surface area (TPSA) is 24.9 Å². The third-order valence-corrected chi connectivity index (χ3v) is 12.1. The molecule has 0 N–H and O–H groups in total. The van der Waals surface area contributed by atoms with Gasteiger partial charge in [0.05, 0.1) is 22.3 Å². The Bertz CT molecular complexity index is 2370. The third-order valence-electron chi connectivity index (χ3n) is 9.52. The van der Waals surface area contributed by atoms with Crippen molar-refractivity contribution in [3.63, 3.8) is 0 Å². The van der Waals surface area contributed by atoms with Crippen LogP contribution in [0.1, 0.15) is 22.3 Å². The van der Waals surface area contributed by atoms with Crippen LogP contribution in [-0.2, 0) is 22.7 Å². The molecule has 6 heteroatoms. The maximum atomic E-state index is 5.49. The average Bonchev–Trinajstić information content (AvgIpc) is 3.78. The normalized spacial score (nSPS) is 11.1. The van der Waals surface area contributed by atoms with E-state index in [1.54, 1.807) is 0 Å². The van der Waals surface area contributed by atoms with E-state index in [0.717, 1.165) is 33.9 Å². The highest BCUT2D eigenvalue weighted by molar-refractivity contribution is 7.28. The number of anilines is 6. The summed E-state index contributed by atoms with van der Waals surface area (Å²) in [5, 5.41) is 7.24. The van der Waals surface area contributed by atoms with Crippen LogP contribution >= 0.6 is 22.7 Å². The lowest BCUT2D eigenvalue weighted by atomic mass is 10.1. The van der Waals surface area contributed by atoms with Crippen molar-refractivity contribution in [3.8, 4) is 9.75 Å². The third kappa shape index (κ3) is 6.90. The number of ether oxygens (including phenoxy) is 2. The van der Waals surface area contributed by atoms with Gasteiger partial charge in [-0.25, -0.2) is 0 Å². The summed E-state index contributed by atoms with van der Waals surface area (Å²) in [7, 11) is 0. The van der Waals surface area contributed by atoms with Crippen molar-refractivity contribution in [3.05, 3.63) is 194 Å². The molecule has 2 aromatic heterocycles. The van der Waals surface area contributed by atoms with Gasteiger partial charge in [0.1, 0.15) is 23.2 Å². The van der Waals surface area contributed by atoms with Gasteiger partial charge in [-0.15, -0.1) is 22.7 Å². The van der Waals surface area contributed by atoms with Gasteiger partial charge in [0.25, 0.3) is 0 Å². The summed E-state index contributed by atoms with van der Waals surface area (Å²) in [5.41, 5.74) is 9.03. The van der Waals surface area contributed by atoms with Crippen LogP contribution in [0, 0.1) is 13.8 Å². The van der Waals surface area contributed by atoms with Crippen molar-refractivity contribution in [1.29, 1.82) is 0 Å². The summed E-state index contributed by atoms with van der Waals surface area (Å²) in [6.45, 7) is 12.6. The quantitative estimate of drug-likeness (QED) is 0.110. The second kappa shape index (κ2) is 15.5. The smallest absolute Gasteiger partial charge is 0.112 e. The van der Waals surface area contributed by atoms with Crippen molar-refractivity contribution >= 4 is 77.0 Å². The largest absolute Gasteiger partial charge is 0.497 e. The van der Waals surface area contributed by atoms with Crippen molar-refractivity contribution in [2.45, 2.75) is 27.1 Å². The zero-order valence-electron chi connectivity index (χ0n) is 30.4. The van der Waals surface area contributed by atoms with Crippen molar-refractivity contribution in [1.82, 2.24) is 0 Å². The minimum absolute atomic E-state index is 0.488. The second-order valence-electron chi connectivity index (χ2n) is 13.2. The molecule has 0 bridgehead atoms. The summed E-state index contributed by atoms with van der Waals surface area (Å²) in [5.74, 6) is 0. The molecular formula is C48H40N2O2S2. The summed E-state index contributed by atoms with van der Waals surface area (Å²) >= 11 is 3.69. The van der Waals surface area contributed by atoms with Gasteiger partial charge in [0.15, 0.2) is 0 Å². The Balaban J connectivity index is 1.31. The number of thiophene rings is 2. The number of aryl methyl sites for hydroxylation is 2. The molecule has 0 atom stereocenters. The van der Waals surface area contributed by atoms with Crippen LogP contribution in [0.15, 0.2) is 171 Å². The van der Waals surface area contributed by atoms with Crippen LogP contribution in [0.25, 0.3) is 31.3 Å². The van der Waals surface area contributed by atoms with E-state index in [0.29, 0.717) is 13.2 Å². The Morgan fingerprint density at radius 2 is 0.759 bits per heavy atom. The molecule has 54 heavy (non-hydrogen) atoms. The molecule has 8 aromatic rings. The van der Waals surface area contributed by atoms with Crippen LogP contribution < -0.4 is 9.80 Å². The first kappa shape index (κ1) is 35.0. The molecule has 0 amide bonds. The molecule has 4 nitrogen and oxygen atoms in total. The minimum Gasteiger partial charge on any atom is -0.497 e. The maximum absolute atomic E-state index is 5.49. The van der Waals surface area contributed by atoms with Gasteiger partial charge in [-0.1, -0.05) is 121 Å². The first-order valence-electron chi connectivity index (χ1n) is 17.9. The van der Waals surface area contributed by atoms with Crippen LogP contribution in [0.4, 0.5) is 32.8 Å². The molecular weight excluding hydrogens is 701 g/mol. The fourth-order valence-electron chi connectivity index (χ4n) is 6.77. The number of nitrogens with zero attached hydrogens (tertiary/aromatic N) is 2. The molecule has 0 unspecified atom stereocenters. The molecule has 0 saturated heterocycles. The Hall–Kier alpha value is -6.08. The lowest BCUT2D eigenvalue weighted by Gasteiger charge is -2.25. The Labute approximate surface area is 325 Å². The fourth-order valence-corrected chi connectivity index (χ4v) is 9.56. The van der Waals surface area contributed by atoms with Crippen LogP contribution in [0.3, 0.4) is 0 Å². The molecule has 0 spiro atoms. The Kier molecular flexibility index (Phi) is 10.0. The van der Waals surface area contributed by atoms with Gasteiger partial charge in [0.2, 0.25) is 0 Å². The lowest BCUT2D eigenvalue weighted by Crippen LogP contribution is -2.09. The molecule has 2 heterocycles. The maximum Gasteiger partial charge on any atom is 0.112 e. The van der Waals surface area contributed by atoms with E-state index < -0.39 is 0 Å². The number of hydrogen-bond donors (Lipinski definition) is 0. The van der Waals surface area contributed by atoms with Crippen LogP contribution in [0.2, 0.25) is 0 Å². The molecule has 0 aliphatic rings. The van der Waals surface area contributed by atoms with E-state index >= 15 is 0 Å². The van der Waals surface area contributed by atoms with Crippen LogP contribution in [-0.4, -0.2) is 0 Å². The molecule has 266 valence electrons. The van der Waals surface area contributed by atoms with E-state index in [1.165, 1.54) is 65.0 Å². The Morgan fingerprint density at radius 1 is 0.444 bits per heavy atom. The van der Waals surface area contributed by atoms with E-state index in [4.69, 9.17) is 9.47 Å². The number of rotatable bonds is 13. The zero-order valence-corrected chi connectivity index (χ0v) is 32.0.